The summed E-state index contributed by atoms with van der Waals surface area (Å²) in [6.45, 7) is 5.80. The Morgan fingerprint density at radius 2 is 1.85 bits per heavy atom. The van der Waals surface area contributed by atoms with Crippen LogP contribution in [-0.2, 0) is 0 Å². The van der Waals surface area contributed by atoms with Crippen LogP contribution in [-0.4, -0.2) is 5.67 Å². The molecule has 0 aliphatic heterocycles. The van der Waals surface area contributed by atoms with E-state index in [0.29, 0.717) is 6.42 Å². The summed E-state index contributed by atoms with van der Waals surface area (Å²) in [6.07, 6.45) is 4.69. The molecular weight excluding hydrogens is 163 g/mol. The lowest BCUT2D eigenvalue weighted by atomic mass is 9.75. The van der Waals surface area contributed by atoms with Gasteiger partial charge in [0, 0.05) is 11.8 Å². The summed E-state index contributed by atoms with van der Waals surface area (Å²) in [7, 11) is 0. The molecule has 1 aliphatic carbocycles. The fourth-order valence-electron chi connectivity index (χ4n) is 1.59. The lowest BCUT2D eigenvalue weighted by molar-refractivity contribution is 0.0760. The predicted octanol–water partition coefficient (Wildman–Crippen LogP) is 3.71. The summed E-state index contributed by atoms with van der Waals surface area (Å²) in [5.41, 5.74) is -1.62. The molecule has 0 heterocycles. The lowest BCUT2D eigenvalue weighted by Crippen LogP contribution is -2.37. The Kier molecular flexibility index (Phi) is 3.01. The maximum absolute atomic E-state index is 14.3. The Morgan fingerprint density at radius 1 is 1.15 bits per heavy atom. The third-order valence-corrected chi connectivity index (χ3v) is 2.80. The molecule has 0 amide bonds. The van der Waals surface area contributed by atoms with Crippen LogP contribution >= 0.6 is 0 Å². The van der Waals surface area contributed by atoms with Crippen LogP contribution in [0.2, 0.25) is 0 Å². The molecule has 0 saturated heterocycles. The maximum Gasteiger partial charge on any atom is 0.175 e. The highest BCUT2D eigenvalue weighted by Crippen LogP contribution is 2.38. The van der Waals surface area contributed by atoms with E-state index in [4.69, 9.17) is 0 Å². The second kappa shape index (κ2) is 3.70. The molecule has 0 fully saturated rings. The Morgan fingerprint density at radius 3 is 2.46 bits per heavy atom. The number of hydrogen-bond donors (Lipinski definition) is 0. The number of halogens is 1. The summed E-state index contributed by atoms with van der Waals surface area (Å²) >= 11 is 0. The molecule has 0 spiro atoms. The number of hydrogen-bond acceptors (Lipinski definition) is 0. The monoisotopic (exact) mass is 182 g/mol. The molecule has 74 valence electrons. The molecule has 13 heavy (non-hydrogen) atoms. The van der Waals surface area contributed by atoms with E-state index in [1.165, 1.54) is 0 Å². The van der Waals surface area contributed by atoms with E-state index < -0.39 is 5.67 Å². The molecule has 1 unspecified atom stereocenters. The zero-order chi connectivity index (χ0) is 9.95. The summed E-state index contributed by atoms with van der Waals surface area (Å²) in [6, 6.07) is 0. The van der Waals surface area contributed by atoms with Gasteiger partial charge >= 0.3 is 0 Å². The average Bonchev–Trinajstić information content (AvgIpc) is 1.94. The fourth-order valence-corrected chi connectivity index (χ4v) is 1.59. The smallest absolute Gasteiger partial charge is 0.175 e. The minimum Gasteiger partial charge on any atom is -0.229 e. The topological polar surface area (TPSA) is 0 Å². The summed E-state index contributed by atoms with van der Waals surface area (Å²) in [4.78, 5) is 0. The van der Waals surface area contributed by atoms with Crippen LogP contribution in [0, 0.1) is 17.3 Å². The lowest BCUT2D eigenvalue weighted by Gasteiger charge is -2.34. The first kappa shape index (κ1) is 10.6. The molecule has 1 heteroatoms. The first-order valence-corrected chi connectivity index (χ1v) is 5.15. The van der Waals surface area contributed by atoms with Gasteiger partial charge in [-0.05, 0) is 19.3 Å². The van der Waals surface area contributed by atoms with E-state index in [0.717, 1.165) is 25.7 Å². The Bertz CT molecular complexity index is 226. The number of rotatable bonds is 0. The van der Waals surface area contributed by atoms with E-state index in [1.807, 2.05) is 20.8 Å². The largest absolute Gasteiger partial charge is 0.229 e. The quantitative estimate of drug-likeness (QED) is 0.501. The van der Waals surface area contributed by atoms with Gasteiger partial charge in [0.2, 0.25) is 0 Å². The number of alkyl halides is 1. The van der Waals surface area contributed by atoms with E-state index >= 15 is 0 Å². The van der Waals surface area contributed by atoms with Gasteiger partial charge in [-0.2, -0.15) is 0 Å². The van der Waals surface area contributed by atoms with Gasteiger partial charge in [0.05, 0.1) is 0 Å². The molecule has 0 saturated carbocycles. The van der Waals surface area contributed by atoms with Gasteiger partial charge in [0.1, 0.15) is 0 Å². The minimum atomic E-state index is -1.27. The van der Waals surface area contributed by atoms with Crippen molar-refractivity contribution in [2.75, 3.05) is 0 Å². The van der Waals surface area contributed by atoms with Crippen molar-refractivity contribution in [1.82, 2.24) is 0 Å². The Hall–Kier alpha value is -0.510. The molecular formula is C12H19F. The van der Waals surface area contributed by atoms with Gasteiger partial charge in [-0.3, -0.25) is 0 Å². The van der Waals surface area contributed by atoms with E-state index in [1.54, 1.807) is 0 Å². The van der Waals surface area contributed by atoms with Crippen molar-refractivity contribution in [2.45, 2.75) is 58.5 Å². The molecule has 0 aromatic rings. The van der Waals surface area contributed by atoms with E-state index in [-0.39, 0.29) is 5.41 Å². The van der Waals surface area contributed by atoms with Crippen molar-refractivity contribution in [2.24, 2.45) is 5.41 Å². The highest BCUT2D eigenvalue weighted by Gasteiger charge is 2.40. The van der Waals surface area contributed by atoms with E-state index in [2.05, 4.69) is 11.8 Å². The molecule has 1 rings (SSSR count). The Balaban J connectivity index is 2.84. The van der Waals surface area contributed by atoms with Gasteiger partial charge in [-0.25, -0.2) is 4.39 Å². The molecule has 1 atom stereocenters. The molecule has 0 bridgehead atoms. The molecule has 0 N–H and O–H groups in total. The van der Waals surface area contributed by atoms with Gasteiger partial charge in [0.25, 0.3) is 0 Å². The fraction of sp³-hybridized carbons (Fsp3) is 0.833. The third-order valence-electron chi connectivity index (χ3n) is 2.80. The van der Waals surface area contributed by atoms with Crippen LogP contribution in [0.25, 0.3) is 0 Å². The molecule has 0 radical (unpaired) electrons. The Labute approximate surface area is 80.9 Å². The van der Waals surface area contributed by atoms with Crippen molar-refractivity contribution in [3.8, 4) is 11.8 Å². The van der Waals surface area contributed by atoms with Crippen molar-refractivity contribution in [3.63, 3.8) is 0 Å². The van der Waals surface area contributed by atoms with Crippen LogP contribution in [0.5, 0.6) is 0 Å². The van der Waals surface area contributed by atoms with Gasteiger partial charge in [-0.15, -0.1) is 0 Å². The summed E-state index contributed by atoms with van der Waals surface area (Å²) in [5.74, 6) is 5.78. The zero-order valence-electron chi connectivity index (χ0n) is 8.91. The first-order valence-electron chi connectivity index (χ1n) is 5.15. The van der Waals surface area contributed by atoms with Crippen LogP contribution in [0.3, 0.4) is 0 Å². The second-order valence-corrected chi connectivity index (χ2v) is 4.91. The minimum absolute atomic E-state index is 0.350. The molecule has 1 aliphatic rings. The van der Waals surface area contributed by atoms with Crippen LogP contribution in [0.1, 0.15) is 52.9 Å². The average molecular weight is 182 g/mol. The highest BCUT2D eigenvalue weighted by atomic mass is 19.1. The molecule has 0 aromatic carbocycles. The van der Waals surface area contributed by atoms with Crippen LogP contribution in [0.4, 0.5) is 4.39 Å². The van der Waals surface area contributed by atoms with Crippen molar-refractivity contribution in [3.05, 3.63) is 0 Å². The second-order valence-electron chi connectivity index (χ2n) is 4.91. The van der Waals surface area contributed by atoms with Crippen LogP contribution in [0.15, 0.2) is 0 Å². The first-order chi connectivity index (χ1) is 5.96. The maximum atomic E-state index is 14.3. The predicted molar refractivity (Wildman–Crippen MR) is 54.2 cm³/mol. The van der Waals surface area contributed by atoms with Gasteiger partial charge in [0.15, 0.2) is 5.67 Å². The highest BCUT2D eigenvalue weighted by molar-refractivity contribution is 5.19. The third kappa shape index (κ3) is 2.46. The zero-order valence-corrected chi connectivity index (χ0v) is 8.91. The van der Waals surface area contributed by atoms with Gasteiger partial charge in [-0.1, -0.05) is 39.0 Å². The van der Waals surface area contributed by atoms with Crippen molar-refractivity contribution in [1.29, 1.82) is 0 Å². The van der Waals surface area contributed by atoms with Gasteiger partial charge < -0.3 is 0 Å². The standard InChI is InChI=1S/C12H19F/c1-11(2,3)12(13)9-7-5-4-6-8-10-12/h4-7,9H2,1-3H3. The summed E-state index contributed by atoms with van der Waals surface area (Å²) < 4.78 is 14.3. The molecule has 0 nitrogen and oxygen atoms in total. The SMILES string of the molecule is CC(C)(C)C1(F)C#CCCCCC1. The summed E-state index contributed by atoms with van der Waals surface area (Å²) in [5, 5.41) is 0. The van der Waals surface area contributed by atoms with Crippen molar-refractivity contribution < 1.29 is 4.39 Å². The molecule has 0 aromatic heterocycles. The van der Waals surface area contributed by atoms with E-state index in [9.17, 15) is 4.39 Å². The van der Waals surface area contributed by atoms with Crippen molar-refractivity contribution >= 4 is 0 Å². The van der Waals surface area contributed by atoms with Crippen LogP contribution < -0.4 is 0 Å². The normalized spacial score (nSPS) is 29.8.